The SMILES string of the molecule is O=C1Nc2ccccc2Oc2c1nnn2Cc1ccc(Cl)cc1. The van der Waals surface area contributed by atoms with Gasteiger partial charge < -0.3 is 10.1 Å². The van der Waals surface area contributed by atoms with Crippen LogP contribution in [0.2, 0.25) is 5.02 Å². The fourth-order valence-corrected chi connectivity index (χ4v) is 2.48. The van der Waals surface area contributed by atoms with Crippen LogP contribution >= 0.6 is 11.6 Å². The Hall–Kier alpha value is -2.86. The smallest absolute Gasteiger partial charge is 0.282 e. The number of amides is 1. The average Bonchev–Trinajstić information content (AvgIpc) is 2.87. The van der Waals surface area contributed by atoms with Gasteiger partial charge in [-0.1, -0.05) is 41.1 Å². The van der Waals surface area contributed by atoms with Gasteiger partial charge >= 0.3 is 0 Å². The minimum Gasteiger partial charge on any atom is -0.435 e. The number of hydrogen-bond donors (Lipinski definition) is 1. The third kappa shape index (κ3) is 2.53. The summed E-state index contributed by atoms with van der Waals surface area (Å²) in [5, 5.41) is 11.4. The van der Waals surface area contributed by atoms with Crippen LogP contribution in [0.5, 0.6) is 11.6 Å². The number of carbonyl (C=O) groups is 1. The summed E-state index contributed by atoms with van der Waals surface area (Å²) in [5.74, 6) is 0.536. The standard InChI is InChI=1S/C16H11ClN4O2/c17-11-7-5-10(6-8-11)9-21-16-14(19-20-21)15(22)18-12-3-1-2-4-13(12)23-16/h1-8H,9H2,(H,18,22). The number of para-hydroxylation sites is 2. The summed E-state index contributed by atoms with van der Waals surface area (Å²) in [4.78, 5) is 12.3. The zero-order valence-corrected chi connectivity index (χ0v) is 12.6. The number of benzene rings is 2. The molecule has 0 atom stereocenters. The van der Waals surface area contributed by atoms with Crippen molar-refractivity contribution in [2.45, 2.75) is 6.54 Å². The number of halogens is 1. The summed E-state index contributed by atoms with van der Waals surface area (Å²) >= 11 is 5.89. The first-order chi connectivity index (χ1) is 11.2. The van der Waals surface area contributed by atoms with Gasteiger partial charge in [0.1, 0.15) is 0 Å². The van der Waals surface area contributed by atoms with Crippen LogP contribution in [0.1, 0.15) is 16.1 Å². The van der Waals surface area contributed by atoms with Crippen molar-refractivity contribution in [2.75, 3.05) is 5.32 Å². The van der Waals surface area contributed by atoms with Crippen molar-refractivity contribution >= 4 is 23.2 Å². The van der Waals surface area contributed by atoms with E-state index in [-0.39, 0.29) is 11.6 Å². The van der Waals surface area contributed by atoms with Crippen molar-refractivity contribution in [3.05, 3.63) is 64.8 Å². The van der Waals surface area contributed by atoms with E-state index in [9.17, 15) is 4.79 Å². The highest BCUT2D eigenvalue weighted by Gasteiger charge is 2.26. The number of nitrogens with one attached hydrogen (secondary N) is 1. The van der Waals surface area contributed by atoms with Crippen LogP contribution in [-0.2, 0) is 6.54 Å². The molecule has 1 aliphatic heterocycles. The van der Waals surface area contributed by atoms with Crippen molar-refractivity contribution in [1.82, 2.24) is 15.0 Å². The second-order valence-corrected chi connectivity index (χ2v) is 5.52. The third-order valence-corrected chi connectivity index (χ3v) is 3.74. The Kier molecular flexibility index (Phi) is 3.24. The van der Waals surface area contributed by atoms with Gasteiger partial charge in [-0.2, -0.15) is 0 Å². The molecule has 0 spiro atoms. The highest BCUT2D eigenvalue weighted by molar-refractivity contribution is 6.30. The number of carbonyl (C=O) groups excluding carboxylic acids is 1. The fraction of sp³-hybridized carbons (Fsp3) is 0.0625. The highest BCUT2D eigenvalue weighted by Crippen LogP contribution is 2.34. The van der Waals surface area contributed by atoms with Gasteiger partial charge in [-0.15, -0.1) is 5.10 Å². The van der Waals surface area contributed by atoms with Gasteiger partial charge in [-0.3, -0.25) is 4.79 Å². The van der Waals surface area contributed by atoms with Crippen LogP contribution in [-0.4, -0.2) is 20.9 Å². The van der Waals surface area contributed by atoms with Crippen molar-refractivity contribution < 1.29 is 9.53 Å². The van der Waals surface area contributed by atoms with Crippen molar-refractivity contribution in [3.63, 3.8) is 0 Å². The normalized spacial score (nSPS) is 12.7. The fourth-order valence-electron chi connectivity index (χ4n) is 2.36. The quantitative estimate of drug-likeness (QED) is 0.784. The van der Waals surface area contributed by atoms with Gasteiger partial charge in [-0.25, -0.2) is 4.68 Å². The molecule has 2 aromatic carbocycles. The Morgan fingerprint density at radius 3 is 2.74 bits per heavy atom. The summed E-state index contributed by atoms with van der Waals surface area (Å²) in [5.41, 5.74) is 1.74. The van der Waals surface area contributed by atoms with Crippen LogP contribution in [0.4, 0.5) is 5.69 Å². The molecule has 1 aliphatic rings. The van der Waals surface area contributed by atoms with E-state index in [0.29, 0.717) is 28.9 Å². The molecule has 2 heterocycles. The molecule has 0 bridgehead atoms. The van der Waals surface area contributed by atoms with Gasteiger partial charge in [-0.05, 0) is 29.8 Å². The van der Waals surface area contributed by atoms with Crippen LogP contribution in [0.3, 0.4) is 0 Å². The van der Waals surface area contributed by atoms with Crippen molar-refractivity contribution in [2.24, 2.45) is 0 Å². The highest BCUT2D eigenvalue weighted by atomic mass is 35.5. The summed E-state index contributed by atoms with van der Waals surface area (Å²) in [6, 6.07) is 14.6. The Morgan fingerprint density at radius 2 is 1.91 bits per heavy atom. The lowest BCUT2D eigenvalue weighted by Gasteiger charge is -2.09. The zero-order chi connectivity index (χ0) is 15.8. The molecule has 7 heteroatoms. The van der Waals surface area contributed by atoms with Crippen LogP contribution in [0, 0.1) is 0 Å². The van der Waals surface area contributed by atoms with E-state index in [1.807, 2.05) is 24.3 Å². The largest absolute Gasteiger partial charge is 0.435 e. The molecular weight excluding hydrogens is 316 g/mol. The lowest BCUT2D eigenvalue weighted by molar-refractivity contribution is 0.102. The molecule has 4 rings (SSSR count). The van der Waals surface area contributed by atoms with Crippen LogP contribution in [0.25, 0.3) is 0 Å². The van der Waals surface area contributed by atoms with Gasteiger partial charge in [0.25, 0.3) is 11.8 Å². The molecule has 0 saturated carbocycles. The first kappa shape index (κ1) is 13.8. The molecule has 3 aromatic rings. The van der Waals surface area contributed by atoms with Gasteiger partial charge in [0, 0.05) is 5.02 Å². The molecule has 6 nitrogen and oxygen atoms in total. The molecule has 23 heavy (non-hydrogen) atoms. The number of anilines is 1. The van der Waals surface area contributed by atoms with Gasteiger partial charge in [0.2, 0.25) is 5.69 Å². The number of nitrogens with zero attached hydrogens (tertiary/aromatic N) is 3. The predicted octanol–water partition coefficient (Wildman–Crippen LogP) is 3.34. The lowest BCUT2D eigenvalue weighted by Crippen LogP contribution is -2.11. The van der Waals surface area contributed by atoms with Crippen LogP contribution in [0.15, 0.2) is 48.5 Å². The van der Waals surface area contributed by atoms with Gasteiger partial charge in [0.15, 0.2) is 5.75 Å². The summed E-state index contributed by atoms with van der Waals surface area (Å²) in [7, 11) is 0. The Balaban J connectivity index is 1.73. The summed E-state index contributed by atoms with van der Waals surface area (Å²) < 4.78 is 7.42. The minimum atomic E-state index is -0.340. The topological polar surface area (TPSA) is 69.0 Å². The lowest BCUT2D eigenvalue weighted by atomic mass is 10.2. The van der Waals surface area contributed by atoms with E-state index < -0.39 is 0 Å². The average molecular weight is 327 g/mol. The minimum absolute atomic E-state index is 0.162. The number of hydrogen-bond acceptors (Lipinski definition) is 4. The third-order valence-electron chi connectivity index (χ3n) is 3.49. The second-order valence-electron chi connectivity index (χ2n) is 5.08. The van der Waals surface area contributed by atoms with E-state index >= 15 is 0 Å². The molecular formula is C16H11ClN4O2. The van der Waals surface area contributed by atoms with Crippen molar-refractivity contribution in [3.8, 4) is 11.6 Å². The van der Waals surface area contributed by atoms with E-state index in [0.717, 1.165) is 5.56 Å². The van der Waals surface area contributed by atoms with Gasteiger partial charge in [0.05, 0.1) is 12.2 Å². The molecule has 1 aromatic heterocycles. The van der Waals surface area contributed by atoms with E-state index in [1.165, 1.54) is 0 Å². The Bertz CT molecular complexity index is 889. The molecule has 0 aliphatic carbocycles. The molecule has 1 amide bonds. The van der Waals surface area contributed by atoms with E-state index in [2.05, 4.69) is 15.6 Å². The second kappa shape index (κ2) is 5.40. The molecule has 0 saturated heterocycles. The number of aromatic nitrogens is 3. The molecule has 0 fully saturated rings. The first-order valence-electron chi connectivity index (χ1n) is 6.97. The van der Waals surface area contributed by atoms with Crippen molar-refractivity contribution in [1.29, 1.82) is 0 Å². The monoisotopic (exact) mass is 326 g/mol. The number of ether oxygens (including phenoxy) is 1. The van der Waals surface area contributed by atoms with Crippen LogP contribution < -0.4 is 10.1 Å². The molecule has 114 valence electrons. The zero-order valence-electron chi connectivity index (χ0n) is 11.9. The first-order valence-corrected chi connectivity index (χ1v) is 7.35. The van der Waals surface area contributed by atoms with E-state index in [1.54, 1.807) is 28.9 Å². The Labute approximate surface area is 136 Å². The Morgan fingerprint density at radius 1 is 1.13 bits per heavy atom. The summed E-state index contributed by atoms with van der Waals surface area (Å²) in [6.07, 6.45) is 0. The maximum Gasteiger partial charge on any atom is 0.282 e. The molecule has 0 unspecified atom stereocenters. The predicted molar refractivity (Wildman–Crippen MR) is 85.0 cm³/mol. The maximum absolute atomic E-state index is 12.3. The number of fused-ring (bicyclic) bond motifs is 2. The van der Waals surface area contributed by atoms with E-state index in [4.69, 9.17) is 16.3 Å². The number of rotatable bonds is 2. The molecule has 1 N–H and O–H groups in total. The maximum atomic E-state index is 12.3. The summed E-state index contributed by atoms with van der Waals surface area (Å²) in [6.45, 7) is 0.426. The molecule has 0 radical (unpaired) electrons.